The summed E-state index contributed by atoms with van der Waals surface area (Å²) in [4.78, 5) is 15.8. The molecule has 0 aliphatic carbocycles. The highest BCUT2D eigenvalue weighted by atomic mass is 32.2. The van der Waals surface area contributed by atoms with Crippen LogP contribution >= 0.6 is 11.8 Å². The molecule has 0 spiro atoms. The molecule has 5 rings (SSSR count). The molecule has 0 amide bonds. The molecule has 0 radical (unpaired) electrons. The van der Waals surface area contributed by atoms with Crippen molar-refractivity contribution in [2.24, 2.45) is 0 Å². The summed E-state index contributed by atoms with van der Waals surface area (Å²) in [5, 5.41) is 1.13. The van der Waals surface area contributed by atoms with E-state index in [1.165, 1.54) is 0 Å². The van der Waals surface area contributed by atoms with Crippen molar-refractivity contribution in [3.63, 3.8) is 0 Å². The van der Waals surface area contributed by atoms with Crippen LogP contribution in [0.15, 0.2) is 30.5 Å². The first-order chi connectivity index (χ1) is 14.1. The molecule has 2 aliphatic rings. The van der Waals surface area contributed by atoms with Gasteiger partial charge in [-0.15, -0.1) is 0 Å². The fourth-order valence-electron chi connectivity index (χ4n) is 4.14. The number of nitrogens with zero attached hydrogens (tertiary/aromatic N) is 3. The highest BCUT2D eigenvalue weighted by Crippen LogP contribution is 2.45. The van der Waals surface area contributed by atoms with Gasteiger partial charge in [-0.05, 0) is 32.2 Å². The van der Waals surface area contributed by atoms with Gasteiger partial charge in [-0.25, -0.2) is 9.97 Å². The monoisotopic (exact) mass is 410 g/mol. The molecule has 0 saturated carbocycles. The summed E-state index contributed by atoms with van der Waals surface area (Å²) in [6.45, 7) is 7.31. The number of benzene rings is 1. The van der Waals surface area contributed by atoms with Crippen molar-refractivity contribution in [3.8, 4) is 17.1 Å². The molecule has 3 aromatic rings. The third kappa shape index (κ3) is 3.16. The zero-order chi connectivity index (χ0) is 20.0. The van der Waals surface area contributed by atoms with E-state index in [1.54, 1.807) is 11.8 Å². The molecule has 7 heteroatoms. The van der Waals surface area contributed by atoms with Crippen molar-refractivity contribution in [1.82, 2.24) is 15.0 Å². The molecule has 4 heterocycles. The number of morpholine rings is 1. The molecule has 152 valence electrons. The number of rotatable bonds is 3. The summed E-state index contributed by atoms with van der Waals surface area (Å²) in [7, 11) is 0. The Morgan fingerprint density at radius 2 is 2.10 bits per heavy atom. The van der Waals surface area contributed by atoms with Gasteiger partial charge < -0.3 is 19.4 Å². The van der Waals surface area contributed by atoms with E-state index in [4.69, 9.17) is 19.4 Å². The molecule has 2 aromatic heterocycles. The van der Waals surface area contributed by atoms with E-state index < -0.39 is 0 Å². The maximum Gasteiger partial charge on any atom is 0.184 e. The van der Waals surface area contributed by atoms with Crippen LogP contribution in [0.3, 0.4) is 0 Å². The van der Waals surface area contributed by atoms with Crippen LogP contribution < -0.4 is 9.64 Å². The lowest BCUT2D eigenvalue weighted by molar-refractivity contribution is 0.0894. The summed E-state index contributed by atoms with van der Waals surface area (Å²) >= 11 is 1.78. The molecule has 1 saturated heterocycles. The predicted molar refractivity (Wildman–Crippen MR) is 118 cm³/mol. The van der Waals surface area contributed by atoms with Gasteiger partial charge in [-0.2, -0.15) is 11.8 Å². The van der Waals surface area contributed by atoms with Gasteiger partial charge in [0.15, 0.2) is 17.4 Å². The summed E-state index contributed by atoms with van der Waals surface area (Å²) in [6.07, 6.45) is 5.01. The number of aromatic nitrogens is 3. The van der Waals surface area contributed by atoms with E-state index in [0.717, 1.165) is 59.1 Å². The van der Waals surface area contributed by atoms with Gasteiger partial charge in [0, 0.05) is 35.6 Å². The van der Waals surface area contributed by atoms with E-state index in [1.807, 2.05) is 6.20 Å². The SMILES string of the molecule is CSC(C)(C)c1nc(-c2cccc3[nH]ccc23)nc2c1OCC[C@H]1COCCN21. The topological polar surface area (TPSA) is 63.3 Å². The van der Waals surface area contributed by atoms with Crippen LogP contribution in [0.1, 0.15) is 26.0 Å². The molecule has 29 heavy (non-hydrogen) atoms. The summed E-state index contributed by atoms with van der Waals surface area (Å²) in [6, 6.07) is 8.61. The zero-order valence-electron chi connectivity index (χ0n) is 17.1. The largest absolute Gasteiger partial charge is 0.488 e. The van der Waals surface area contributed by atoms with Crippen LogP contribution in [-0.4, -0.2) is 53.6 Å². The minimum Gasteiger partial charge on any atom is -0.488 e. The first-order valence-corrected chi connectivity index (χ1v) is 11.3. The number of H-pyrrole nitrogens is 1. The molecular weight excluding hydrogens is 384 g/mol. The highest BCUT2D eigenvalue weighted by Gasteiger charge is 2.36. The third-order valence-corrected chi connectivity index (χ3v) is 7.18. The Morgan fingerprint density at radius 1 is 1.21 bits per heavy atom. The number of hydrogen-bond acceptors (Lipinski definition) is 6. The van der Waals surface area contributed by atoms with Gasteiger partial charge in [0.2, 0.25) is 0 Å². The fourth-order valence-corrected chi connectivity index (χ4v) is 4.47. The van der Waals surface area contributed by atoms with Crippen molar-refractivity contribution < 1.29 is 9.47 Å². The normalized spacial score (nSPS) is 19.4. The number of anilines is 1. The Kier molecular flexibility index (Phi) is 4.67. The van der Waals surface area contributed by atoms with Crippen LogP contribution in [0.4, 0.5) is 5.82 Å². The van der Waals surface area contributed by atoms with E-state index in [9.17, 15) is 0 Å². The van der Waals surface area contributed by atoms with Gasteiger partial charge in [0.25, 0.3) is 0 Å². The van der Waals surface area contributed by atoms with Gasteiger partial charge in [-0.3, -0.25) is 0 Å². The number of fused-ring (bicyclic) bond motifs is 4. The number of ether oxygens (including phenoxy) is 2. The molecule has 1 atom stereocenters. The summed E-state index contributed by atoms with van der Waals surface area (Å²) in [5.41, 5.74) is 3.09. The number of hydrogen-bond donors (Lipinski definition) is 1. The minimum absolute atomic E-state index is 0.195. The van der Waals surface area contributed by atoms with E-state index in [0.29, 0.717) is 19.3 Å². The maximum absolute atomic E-state index is 6.28. The number of thioether (sulfide) groups is 1. The van der Waals surface area contributed by atoms with Crippen LogP contribution in [-0.2, 0) is 9.48 Å². The zero-order valence-corrected chi connectivity index (χ0v) is 17.9. The summed E-state index contributed by atoms with van der Waals surface area (Å²) < 4.78 is 11.8. The molecule has 2 aliphatic heterocycles. The average Bonchev–Trinajstić information content (AvgIpc) is 3.15. The van der Waals surface area contributed by atoms with E-state index in [2.05, 4.69) is 54.3 Å². The van der Waals surface area contributed by atoms with E-state index in [-0.39, 0.29) is 4.75 Å². The average molecular weight is 411 g/mol. The Bertz CT molecular complexity index is 1050. The van der Waals surface area contributed by atoms with Gasteiger partial charge >= 0.3 is 0 Å². The number of nitrogens with one attached hydrogen (secondary N) is 1. The van der Waals surface area contributed by atoms with E-state index >= 15 is 0 Å². The van der Waals surface area contributed by atoms with Crippen LogP contribution in [0.5, 0.6) is 5.75 Å². The van der Waals surface area contributed by atoms with Crippen molar-refractivity contribution in [2.75, 3.05) is 37.5 Å². The van der Waals surface area contributed by atoms with Gasteiger partial charge in [0.05, 0.1) is 30.6 Å². The third-order valence-electron chi connectivity index (χ3n) is 5.96. The molecule has 1 fully saturated rings. The molecular formula is C22H26N4O2S. The molecule has 6 nitrogen and oxygen atoms in total. The number of aromatic amines is 1. The summed E-state index contributed by atoms with van der Waals surface area (Å²) in [5.74, 6) is 2.49. The molecule has 0 bridgehead atoms. The standard InChI is InChI=1S/C22H26N4O2S/c1-22(2,29-3)19-18-21(26-10-12-27-13-14(26)8-11-28-18)25-20(24-19)16-5-4-6-17-15(16)7-9-23-17/h4-7,9,14,23H,8,10-13H2,1-3H3/t14-/m0/s1. The first kappa shape index (κ1) is 18.8. The van der Waals surface area contributed by atoms with Crippen molar-refractivity contribution in [3.05, 3.63) is 36.2 Å². The highest BCUT2D eigenvalue weighted by molar-refractivity contribution is 7.99. The Labute approximate surface area is 175 Å². The van der Waals surface area contributed by atoms with Crippen molar-refractivity contribution in [2.45, 2.75) is 31.1 Å². The van der Waals surface area contributed by atoms with Crippen molar-refractivity contribution >= 4 is 28.5 Å². The second-order valence-corrected chi connectivity index (χ2v) is 9.50. The van der Waals surface area contributed by atoms with Gasteiger partial charge in [-0.1, -0.05) is 12.1 Å². The van der Waals surface area contributed by atoms with Gasteiger partial charge in [0.1, 0.15) is 5.69 Å². The maximum atomic E-state index is 6.28. The second-order valence-electron chi connectivity index (χ2n) is 8.07. The molecule has 1 aromatic carbocycles. The quantitative estimate of drug-likeness (QED) is 0.698. The molecule has 1 N–H and O–H groups in total. The smallest absolute Gasteiger partial charge is 0.184 e. The van der Waals surface area contributed by atoms with Crippen LogP contribution in [0.25, 0.3) is 22.3 Å². The Morgan fingerprint density at radius 3 is 2.97 bits per heavy atom. The Balaban J connectivity index is 1.76. The minimum atomic E-state index is -0.195. The fraction of sp³-hybridized carbons (Fsp3) is 0.455. The predicted octanol–water partition coefficient (Wildman–Crippen LogP) is 4.21. The lowest BCUT2D eigenvalue weighted by Crippen LogP contribution is -2.45. The second kappa shape index (κ2) is 7.22. The Hall–Kier alpha value is -2.25. The lowest BCUT2D eigenvalue weighted by atomic mass is 10.1. The molecule has 0 unspecified atom stereocenters. The van der Waals surface area contributed by atoms with Crippen molar-refractivity contribution in [1.29, 1.82) is 0 Å². The lowest BCUT2D eigenvalue weighted by Gasteiger charge is -2.35. The first-order valence-electron chi connectivity index (χ1n) is 10.1. The van der Waals surface area contributed by atoms with Crippen LogP contribution in [0.2, 0.25) is 0 Å². The van der Waals surface area contributed by atoms with Crippen LogP contribution in [0, 0.1) is 0 Å².